The van der Waals surface area contributed by atoms with E-state index in [0.29, 0.717) is 11.6 Å². The van der Waals surface area contributed by atoms with Gasteiger partial charge in [-0.2, -0.15) is 0 Å². The van der Waals surface area contributed by atoms with E-state index in [2.05, 4.69) is 22.3 Å². The van der Waals surface area contributed by atoms with Gasteiger partial charge in [0.15, 0.2) is 0 Å². The van der Waals surface area contributed by atoms with Gasteiger partial charge in [-0.25, -0.2) is 13.1 Å². The summed E-state index contributed by atoms with van der Waals surface area (Å²) in [7, 11) is -3.65. The summed E-state index contributed by atoms with van der Waals surface area (Å²) >= 11 is 0. The molecule has 3 rings (SSSR count). The second-order valence-electron chi connectivity index (χ2n) is 8.43. The minimum Gasteiger partial charge on any atom is -0.351 e. The maximum Gasteiger partial charge on any atom is 0.236 e. The molecule has 3 N–H and O–H groups in total. The van der Waals surface area contributed by atoms with Crippen LogP contribution in [-0.4, -0.2) is 32.0 Å². The lowest BCUT2D eigenvalue weighted by Gasteiger charge is -2.26. The third kappa shape index (κ3) is 6.82. The standard InChI is InChI=1S/C21H31N3O4S/c1-15-8-10-18(11-9-15)24-29(27,28)14-20(25)22-13-16-4-2-7-19(12-16)23-21(26)17-5-3-6-17/h2,4,7,12,15,17-18,24H,3,5-6,8-11,13-14H2,1H3,(H,22,25)(H,23,26). The van der Waals surface area contributed by atoms with E-state index in [4.69, 9.17) is 0 Å². The van der Waals surface area contributed by atoms with Gasteiger partial charge in [-0.3, -0.25) is 9.59 Å². The Kier molecular flexibility index (Phi) is 7.29. The number of benzene rings is 1. The van der Waals surface area contributed by atoms with Gasteiger partial charge in [0.1, 0.15) is 5.75 Å². The third-order valence-corrected chi connectivity index (χ3v) is 7.18. The van der Waals surface area contributed by atoms with Crippen molar-refractivity contribution >= 4 is 27.5 Å². The average Bonchev–Trinajstić information content (AvgIpc) is 2.60. The number of anilines is 1. The van der Waals surface area contributed by atoms with Crippen LogP contribution in [0.3, 0.4) is 0 Å². The van der Waals surface area contributed by atoms with E-state index in [-0.39, 0.29) is 24.4 Å². The quantitative estimate of drug-likeness (QED) is 0.600. The van der Waals surface area contributed by atoms with E-state index >= 15 is 0 Å². The highest BCUT2D eigenvalue weighted by Crippen LogP contribution is 2.27. The van der Waals surface area contributed by atoms with Crippen LogP contribution >= 0.6 is 0 Å². The van der Waals surface area contributed by atoms with Crippen molar-refractivity contribution in [3.05, 3.63) is 29.8 Å². The van der Waals surface area contributed by atoms with Crippen LogP contribution in [0.2, 0.25) is 0 Å². The summed E-state index contributed by atoms with van der Waals surface area (Å²) in [5.41, 5.74) is 1.49. The Morgan fingerprint density at radius 1 is 1.07 bits per heavy atom. The van der Waals surface area contributed by atoms with E-state index in [0.717, 1.165) is 50.5 Å². The molecule has 1 aromatic carbocycles. The van der Waals surface area contributed by atoms with Crippen LogP contribution in [0.5, 0.6) is 0 Å². The van der Waals surface area contributed by atoms with Crippen molar-refractivity contribution in [2.24, 2.45) is 11.8 Å². The summed E-state index contributed by atoms with van der Waals surface area (Å²) in [6.45, 7) is 2.38. The van der Waals surface area contributed by atoms with Crippen LogP contribution in [-0.2, 0) is 26.2 Å². The number of hydrogen-bond acceptors (Lipinski definition) is 4. The summed E-state index contributed by atoms with van der Waals surface area (Å²) in [6.07, 6.45) is 6.62. The Hall–Kier alpha value is -1.93. The van der Waals surface area contributed by atoms with Gasteiger partial charge in [-0.05, 0) is 62.1 Å². The van der Waals surface area contributed by atoms with Crippen molar-refractivity contribution in [3.63, 3.8) is 0 Å². The third-order valence-electron chi connectivity index (χ3n) is 5.84. The molecule has 0 spiro atoms. The molecule has 160 valence electrons. The maximum absolute atomic E-state index is 12.3. The molecule has 0 saturated heterocycles. The SMILES string of the molecule is CC1CCC(NS(=O)(=O)CC(=O)NCc2cccc(NC(=O)C3CCC3)c2)CC1. The van der Waals surface area contributed by atoms with Gasteiger partial charge < -0.3 is 10.6 Å². The van der Waals surface area contributed by atoms with Crippen molar-refractivity contribution in [1.82, 2.24) is 10.0 Å². The average molecular weight is 422 g/mol. The maximum atomic E-state index is 12.3. The molecule has 1 aromatic rings. The second-order valence-corrected chi connectivity index (χ2v) is 10.2. The highest BCUT2D eigenvalue weighted by Gasteiger charge is 2.26. The highest BCUT2D eigenvalue weighted by atomic mass is 32.2. The molecule has 29 heavy (non-hydrogen) atoms. The molecular formula is C21H31N3O4S. The van der Waals surface area contributed by atoms with Crippen molar-refractivity contribution < 1.29 is 18.0 Å². The number of nitrogens with one attached hydrogen (secondary N) is 3. The van der Waals surface area contributed by atoms with E-state index in [1.807, 2.05) is 6.07 Å². The highest BCUT2D eigenvalue weighted by molar-refractivity contribution is 7.90. The van der Waals surface area contributed by atoms with Gasteiger partial charge >= 0.3 is 0 Å². The predicted octanol–water partition coefficient (Wildman–Crippen LogP) is 2.54. The molecule has 0 radical (unpaired) electrons. The zero-order valence-corrected chi connectivity index (χ0v) is 17.8. The first-order valence-electron chi connectivity index (χ1n) is 10.5. The van der Waals surface area contributed by atoms with E-state index in [1.165, 1.54) is 0 Å². The molecule has 2 amide bonds. The molecule has 2 aliphatic carbocycles. The minimum atomic E-state index is -3.65. The molecule has 2 saturated carbocycles. The fraction of sp³-hybridized carbons (Fsp3) is 0.619. The van der Waals surface area contributed by atoms with Crippen molar-refractivity contribution in [2.75, 3.05) is 11.1 Å². The monoisotopic (exact) mass is 421 g/mol. The van der Waals surface area contributed by atoms with Crippen LogP contribution in [0, 0.1) is 11.8 Å². The van der Waals surface area contributed by atoms with Gasteiger partial charge in [-0.15, -0.1) is 0 Å². The lowest BCUT2D eigenvalue weighted by Crippen LogP contribution is -2.42. The molecule has 0 unspecified atom stereocenters. The van der Waals surface area contributed by atoms with Crippen LogP contribution in [0.15, 0.2) is 24.3 Å². The molecular weight excluding hydrogens is 390 g/mol. The van der Waals surface area contributed by atoms with E-state index < -0.39 is 21.7 Å². The number of amides is 2. The predicted molar refractivity (Wildman–Crippen MR) is 113 cm³/mol. The van der Waals surface area contributed by atoms with Crippen molar-refractivity contribution in [3.8, 4) is 0 Å². The van der Waals surface area contributed by atoms with E-state index in [1.54, 1.807) is 18.2 Å². The molecule has 8 heteroatoms. The summed E-state index contributed by atoms with van der Waals surface area (Å²) < 4.78 is 27.2. The van der Waals surface area contributed by atoms with E-state index in [9.17, 15) is 18.0 Å². The Bertz CT molecular complexity index is 828. The first-order chi connectivity index (χ1) is 13.8. The molecule has 0 atom stereocenters. The second kappa shape index (κ2) is 9.71. The molecule has 2 fully saturated rings. The Morgan fingerprint density at radius 2 is 1.79 bits per heavy atom. The fourth-order valence-electron chi connectivity index (χ4n) is 3.77. The first kappa shape index (κ1) is 21.8. The smallest absolute Gasteiger partial charge is 0.236 e. The summed E-state index contributed by atoms with van der Waals surface area (Å²) in [6, 6.07) is 7.17. The first-order valence-corrected chi connectivity index (χ1v) is 12.1. The van der Waals surface area contributed by atoms with Crippen molar-refractivity contribution in [1.29, 1.82) is 0 Å². The number of hydrogen-bond donors (Lipinski definition) is 3. The number of sulfonamides is 1. The largest absolute Gasteiger partial charge is 0.351 e. The van der Waals surface area contributed by atoms with Gasteiger partial charge in [0.05, 0.1) is 0 Å². The summed E-state index contributed by atoms with van der Waals surface area (Å²) in [5, 5.41) is 5.56. The lowest BCUT2D eigenvalue weighted by molar-refractivity contribution is -0.122. The molecule has 0 aromatic heterocycles. The Balaban J connectivity index is 1.44. The zero-order valence-electron chi connectivity index (χ0n) is 16.9. The lowest BCUT2D eigenvalue weighted by atomic mass is 9.85. The number of rotatable bonds is 8. The number of carbonyl (C=O) groups excluding carboxylic acids is 2. The fourth-order valence-corrected chi connectivity index (χ4v) is 5.05. The molecule has 0 heterocycles. The van der Waals surface area contributed by atoms with Gasteiger partial charge in [0.2, 0.25) is 21.8 Å². The Morgan fingerprint density at radius 3 is 2.45 bits per heavy atom. The summed E-state index contributed by atoms with van der Waals surface area (Å²) in [5.74, 6) is -0.342. The Labute approximate surface area is 173 Å². The van der Waals surface area contributed by atoms with Crippen LogP contribution < -0.4 is 15.4 Å². The molecule has 7 nitrogen and oxygen atoms in total. The van der Waals surface area contributed by atoms with Crippen LogP contribution in [0.1, 0.15) is 57.4 Å². The summed E-state index contributed by atoms with van der Waals surface area (Å²) in [4.78, 5) is 24.2. The normalized spacial score (nSPS) is 22.5. The topological polar surface area (TPSA) is 104 Å². The zero-order chi connectivity index (χ0) is 20.9. The number of carbonyl (C=O) groups is 2. The molecule has 0 aliphatic heterocycles. The molecule has 2 aliphatic rings. The van der Waals surface area contributed by atoms with Gasteiger partial charge in [0, 0.05) is 24.2 Å². The van der Waals surface area contributed by atoms with Gasteiger partial charge in [-0.1, -0.05) is 25.5 Å². The van der Waals surface area contributed by atoms with Crippen LogP contribution in [0.4, 0.5) is 5.69 Å². The van der Waals surface area contributed by atoms with Gasteiger partial charge in [0.25, 0.3) is 0 Å². The van der Waals surface area contributed by atoms with Crippen LogP contribution in [0.25, 0.3) is 0 Å². The minimum absolute atomic E-state index is 0.0340. The molecule has 0 bridgehead atoms. The van der Waals surface area contributed by atoms with Crippen molar-refractivity contribution in [2.45, 2.75) is 64.5 Å².